The van der Waals surface area contributed by atoms with Crippen LogP contribution in [0, 0.1) is 20.2 Å². The van der Waals surface area contributed by atoms with E-state index in [1.807, 2.05) is 0 Å². The van der Waals surface area contributed by atoms with Crippen molar-refractivity contribution >= 4 is 40.6 Å². The van der Waals surface area contributed by atoms with Crippen molar-refractivity contribution in [3.05, 3.63) is 140 Å². The molecule has 4 rings (SSSR count). The SMILES string of the molecule is COC(=O)C(Cc1ccc(N)cc1)NC(=O)c1ccc(N)cc1.COC(=O)C(Cc1ccc([N+](=O)[O-])cc1)NC(O)c1ccc([N+](=O)[O-])cc1. The normalized spacial score (nSPS) is 12.2. The Balaban J connectivity index is 0.000000274. The summed E-state index contributed by atoms with van der Waals surface area (Å²) < 4.78 is 9.49. The van der Waals surface area contributed by atoms with E-state index in [1.54, 1.807) is 48.5 Å². The van der Waals surface area contributed by atoms with Gasteiger partial charge in [-0.25, -0.2) is 4.79 Å². The Kier molecular flexibility index (Phi) is 13.9. The van der Waals surface area contributed by atoms with Crippen LogP contribution < -0.4 is 22.1 Å². The van der Waals surface area contributed by atoms with Gasteiger partial charge in [-0.3, -0.25) is 35.1 Å². The van der Waals surface area contributed by atoms with Crippen LogP contribution >= 0.6 is 0 Å². The number of non-ortho nitro benzene ring substituents is 2. The maximum atomic E-state index is 12.3. The zero-order valence-corrected chi connectivity index (χ0v) is 27.1. The van der Waals surface area contributed by atoms with Crippen LogP contribution in [0.15, 0.2) is 97.1 Å². The van der Waals surface area contributed by atoms with Crippen molar-refractivity contribution < 1.29 is 38.8 Å². The summed E-state index contributed by atoms with van der Waals surface area (Å²) in [5.74, 6) is -1.50. The minimum absolute atomic E-state index is 0.0766. The molecule has 4 aromatic carbocycles. The van der Waals surface area contributed by atoms with E-state index in [0.29, 0.717) is 34.5 Å². The standard InChI is InChI=1S/C17H17N3O7.C17H19N3O3/c1-27-17(22)15(10-11-2-6-13(7-3-11)19(23)24)18-16(21)12-4-8-14(9-5-12)20(25)26;1-23-17(22)15(10-11-2-6-13(18)7-3-11)20-16(21)12-4-8-14(19)9-5-12/h2-9,15-16,18,21H,10H2,1H3;2-9,15H,10,18-19H2,1H3,(H,20,21). The second kappa shape index (κ2) is 18.2. The quantitative estimate of drug-likeness (QED) is 0.0445. The van der Waals surface area contributed by atoms with E-state index < -0.39 is 40.1 Å². The zero-order chi connectivity index (χ0) is 36.8. The van der Waals surface area contributed by atoms with Gasteiger partial charge in [0.15, 0.2) is 0 Å². The fourth-order valence-corrected chi connectivity index (χ4v) is 4.51. The van der Waals surface area contributed by atoms with Gasteiger partial charge in [0, 0.05) is 47.6 Å². The number of hydrogen-bond donors (Lipinski definition) is 5. The van der Waals surface area contributed by atoms with Crippen LogP contribution in [-0.4, -0.2) is 59.1 Å². The number of benzene rings is 4. The summed E-state index contributed by atoms with van der Waals surface area (Å²) in [5.41, 5.74) is 14.5. The number of aliphatic hydroxyl groups is 1. The van der Waals surface area contributed by atoms with E-state index in [9.17, 15) is 39.7 Å². The molecule has 50 heavy (non-hydrogen) atoms. The third kappa shape index (κ3) is 11.4. The zero-order valence-electron chi connectivity index (χ0n) is 27.1. The number of nitrogen functional groups attached to an aromatic ring is 2. The summed E-state index contributed by atoms with van der Waals surface area (Å²) in [6.45, 7) is 0. The van der Waals surface area contributed by atoms with E-state index >= 15 is 0 Å². The van der Waals surface area contributed by atoms with Gasteiger partial charge in [0.25, 0.3) is 17.3 Å². The van der Waals surface area contributed by atoms with Crippen LogP contribution in [0.5, 0.6) is 0 Å². The van der Waals surface area contributed by atoms with Crippen LogP contribution in [0.1, 0.15) is 33.3 Å². The fourth-order valence-electron chi connectivity index (χ4n) is 4.51. The number of methoxy groups -OCH3 is 2. The first-order valence-electron chi connectivity index (χ1n) is 14.9. The number of nitro groups is 2. The molecule has 0 saturated heterocycles. The Morgan fingerprint density at radius 2 is 1.08 bits per heavy atom. The smallest absolute Gasteiger partial charge is 0.328 e. The Morgan fingerprint density at radius 1 is 0.680 bits per heavy atom. The number of hydrogen-bond acceptors (Lipinski definition) is 13. The van der Waals surface area contributed by atoms with Crippen molar-refractivity contribution in [1.29, 1.82) is 0 Å². The fraction of sp³-hybridized carbons (Fsp3) is 0.206. The van der Waals surface area contributed by atoms with Crippen molar-refractivity contribution in [2.75, 3.05) is 25.7 Å². The van der Waals surface area contributed by atoms with Gasteiger partial charge >= 0.3 is 11.9 Å². The van der Waals surface area contributed by atoms with Gasteiger partial charge in [-0.15, -0.1) is 0 Å². The van der Waals surface area contributed by atoms with Crippen LogP contribution in [0.2, 0.25) is 0 Å². The van der Waals surface area contributed by atoms with Gasteiger partial charge in [0.2, 0.25) is 0 Å². The Bertz CT molecular complexity index is 1770. The van der Waals surface area contributed by atoms with Crippen LogP contribution in [0.4, 0.5) is 22.7 Å². The highest BCUT2D eigenvalue weighted by molar-refractivity contribution is 5.97. The molecular formula is C34H36N6O10. The number of rotatable bonds is 13. The first kappa shape index (κ1) is 38.1. The van der Waals surface area contributed by atoms with Gasteiger partial charge < -0.3 is 31.4 Å². The van der Waals surface area contributed by atoms with Gasteiger partial charge in [-0.2, -0.15) is 0 Å². The lowest BCUT2D eigenvalue weighted by Gasteiger charge is -2.21. The molecule has 3 atom stereocenters. The van der Waals surface area contributed by atoms with Gasteiger partial charge in [0.1, 0.15) is 18.3 Å². The lowest BCUT2D eigenvalue weighted by atomic mass is 10.0. The number of nitrogens with one attached hydrogen (secondary N) is 2. The van der Waals surface area contributed by atoms with Crippen molar-refractivity contribution in [2.45, 2.75) is 31.2 Å². The maximum absolute atomic E-state index is 12.3. The maximum Gasteiger partial charge on any atom is 0.328 e. The van der Waals surface area contributed by atoms with E-state index in [4.69, 9.17) is 20.9 Å². The molecule has 0 radical (unpaired) electrons. The van der Waals surface area contributed by atoms with E-state index in [0.717, 1.165) is 5.56 Å². The molecule has 0 aliphatic heterocycles. The summed E-state index contributed by atoms with van der Waals surface area (Å²) >= 11 is 0. The Labute approximate surface area is 286 Å². The molecule has 0 aromatic heterocycles. The number of ether oxygens (including phenoxy) is 2. The number of aliphatic hydroxyl groups excluding tert-OH is 1. The number of nitrogens with zero attached hydrogens (tertiary/aromatic N) is 2. The molecule has 262 valence electrons. The van der Waals surface area contributed by atoms with Crippen LogP contribution in [0.25, 0.3) is 0 Å². The highest BCUT2D eigenvalue weighted by atomic mass is 16.6. The molecule has 0 aliphatic rings. The number of nitrogens with two attached hydrogens (primary N) is 2. The number of nitro benzene ring substituents is 2. The number of carbonyl (C=O) groups is 3. The van der Waals surface area contributed by atoms with Gasteiger partial charge in [0.05, 0.1) is 24.1 Å². The first-order valence-corrected chi connectivity index (χ1v) is 14.9. The molecule has 7 N–H and O–H groups in total. The predicted octanol–water partition coefficient (Wildman–Crippen LogP) is 3.23. The average molecular weight is 689 g/mol. The second-order valence-corrected chi connectivity index (χ2v) is 10.7. The third-order valence-electron chi connectivity index (χ3n) is 7.23. The van der Waals surface area contributed by atoms with Crippen molar-refractivity contribution in [3.8, 4) is 0 Å². The summed E-state index contributed by atoms with van der Waals surface area (Å²) in [7, 11) is 2.48. The topological polar surface area (TPSA) is 252 Å². The molecule has 4 aromatic rings. The van der Waals surface area contributed by atoms with Gasteiger partial charge in [-0.05, 0) is 71.6 Å². The molecule has 3 unspecified atom stereocenters. The number of anilines is 2. The van der Waals surface area contributed by atoms with E-state index in [-0.39, 0.29) is 23.7 Å². The van der Waals surface area contributed by atoms with Crippen molar-refractivity contribution in [2.24, 2.45) is 0 Å². The van der Waals surface area contributed by atoms with E-state index in [2.05, 4.69) is 10.6 Å². The number of esters is 2. The molecule has 16 nitrogen and oxygen atoms in total. The lowest BCUT2D eigenvalue weighted by Crippen LogP contribution is -2.43. The predicted molar refractivity (Wildman–Crippen MR) is 182 cm³/mol. The highest BCUT2D eigenvalue weighted by Gasteiger charge is 2.24. The summed E-state index contributed by atoms with van der Waals surface area (Å²) in [6, 6.07) is 22.7. The molecule has 0 saturated carbocycles. The number of amides is 1. The molecular weight excluding hydrogens is 652 g/mol. The molecule has 16 heteroatoms. The van der Waals surface area contributed by atoms with Gasteiger partial charge in [-0.1, -0.05) is 24.3 Å². The molecule has 0 bridgehead atoms. The summed E-state index contributed by atoms with van der Waals surface area (Å²) in [6.07, 6.45) is -0.838. The van der Waals surface area contributed by atoms with E-state index in [1.165, 1.54) is 62.8 Å². The molecule has 0 spiro atoms. The number of carbonyl (C=O) groups excluding carboxylic acids is 3. The second-order valence-electron chi connectivity index (χ2n) is 10.7. The van der Waals surface area contributed by atoms with Crippen LogP contribution in [0.3, 0.4) is 0 Å². The summed E-state index contributed by atoms with van der Waals surface area (Å²) in [5, 5.41) is 37.0. The molecule has 0 heterocycles. The van der Waals surface area contributed by atoms with Crippen molar-refractivity contribution in [3.63, 3.8) is 0 Å². The lowest BCUT2D eigenvalue weighted by molar-refractivity contribution is -0.385. The molecule has 0 fully saturated rings. The molecule has 0 aliphatic carbocycles. The average Bonchev–Trinajstić information content (AvgIpc) is 3.12. The highest BCUT2D eigenvalue weighted by Crippen LogP contribution is 2.19. The van der Waals surface area contributed by atoms with Crippen molar-refractivity contribution in [1.82, 2.24) is 10.6 Å². The third-order valence-corrected chi connectivity index (χ3v) is 7.23. The molecule has 1 amide bonds. The monoisotopic (exact) mass is 688 g/mol. The minimum atomic E-state index is -1.27. The van der Waals surface area contributed by atoms with Crippen LogP contribution in [-0.2, 0) is 31.9 Å². The first-order chi connectivity index (χ1) is 23.8. The Morgan fingerprint density at radius 3 is 1.54 bits per heavy atom. The largest absolute Gasteiger partial charge is 0.468 e. The minimum Gasteiger partial charge on any atom is -0.468 e. The summed E-state index contributed by atoms with van der Waals surface area (Å²) in [4.78, 5) is 56.5. The Hall–Kier alpha value is -6.39.